The Morgan fingerprint density at radius 2 is 1.30 bits per heavy atom. The van der Waals surface area contributed by atoms with Gasteiger partial charge in [-0.15, -0.1) is 0 Å². The highest BCUT2D eigenvalue weighted by Gasteiger charge is 2.40. The highest BCUT2D eigenvalue weighted by Crippen LogP contribution is 2.43. The van der Waals surface area contributed by atoms with E-state index in [0.29, 0.717) is 6.42 Å². The number of hydrogen-bond donors (Lipinski definition) is 0. The summed E-state index contributed by atoms with van der Waals surface area (Å²) in [5.41, 5.74) is 9.32. The van der Waals surface area contributed by atoms with E-state index >= 15 is 0 Å². The van der Waals surface area contributed by atoms with Crippen LogP contribution in [0.5, 0.6) is 0 Å². The van der Waals surface area contributed by atoms with E-state index in [1.807, 2.05) is 10.9 Å². The van der Waals surface area contributed by atoms with Gasteiger partial charge in [0.25, 0.3) is 0 Å². The molecule has 0 saturated heterocycles. The zero-order valence-electron chi connectivity index (χ0n) is 22.8. The van der Waals surface area contributed by atoms with E-state index in [1.165, 1.54) is 16.7 Å². The average molecular weight is 522 g/mol. The van der Waals surface area contributed by atoms with Gasteiger partial charge in [-0.25, -0.2) is 4.98 Å². The van der Waals surface area contributed by atoms with Gasteiger partial charge in [0.2, 0.25) is 5.91 Å². The van der Waals surface area contributed by atoms with Gasteiger partial charge >= 0.3 is 0 Å². The molecule has 0 aliphatic carbocycles. The van der Waals surface area contributed by atoms with E-state index in [9.17, 15) is 4.79 Å². The second-order valence-corrected chi connectivity index (χ2v) is 10.7. The van der Waals surface area contributed by atoms with Crippen molar-refractivity contribution in [3.05, 3.63) is 149 Å². The lowest BCUT2D eigenvalue weighted by Gasteiger charge is -2.38. The lowest BCUT2D eigenvalue weighted by Crippen LogP contribution is -2.38. The van der Waals surface area contributed by atoms with Gasteiger partial charge in [-0.1, -0.05) is 97.1 Å². The average Bonchev–Trinajstić information content (AvgIpc) is 3.58. The number of benzene rings is 4. The molecule has 40 heavy (non-hydrogen) atoms. The van der Waals surface area contributed by atoms with Gasteiger partial charge in [-0.3, -0.25) is 9.36 Å². The highest BCUT2D eigenvalue weighted by atomic mass is 16.2. The highest BCUT2D eigenvalue weighted by molar-refractivity contribution is 5.98. The number of aryl methyl sites for hydroxylation is 2. The van der Waals surface area contributed by atoms with E-state index in [-0.39, 0.29) is 5.91 Å². The Bertz CT molecular complexity index is 1750. The monoisotopic (exact) mass is 521 g/mol. The molecule has 2 aromatic heterocycles. The minimum atomic E-state index is -0.612. The van der Waals surface area contributed by atoms with Crippen molar-refractivity contribution in [1.82, 2.24) is 14.1 Å². The van der Waals surface area contributed by atoms with Gasteiger partial charge in [-0.05, 0) is 61.1 Å². The van der Waals surface area contributed by atoms with E-state index in [4.69, 9.17) is 4.98 Å². The quantitative estimate of drug-likeness (QED) is 0.216. The first-order valence-corrected chi connectivity index (χ1v) is 14.0. The number of hydrogen-bond acceptors (Lipinski definition) is 2. The molecule has 0 fully saturated rings. The molecule has 4 heteroatoms. The predicted octanol–water partition coefficient (Wildman–Crippen LogP) is 7.94. The summed E-state index contributed by atoms with van der Waals surface area (Å²) in [5.74, 6) is 0.197. The summed E-state index contributed by atoms with van der Waals surface area (Å²) in [4.78, 5) is 17.8. The van der Waals surface area contributed by atoms with Crippen LogP contribution in [0, 0.1) is 13.8 Å². The predicted molar refractivity (Wildman–Crippen MR) is 161 cm³/mol. The zero-order valence-corrected chi connectivity index (χ0v) is 22.8. The summed E-state index contributed by atoms with van der Waals surface area (Å²) in [5, 5.41) is 1.14. The maximum absolute atomic E-state index is 12.7. The van der Waals surface area contributed by atoms with E-state index < -0.39 is 5.54 Å². The Hall–Kier alpha value is -4.70. The van der Waals surface area contributed by atoms with E-state index in [2.05, 4.69) is 128 Å². The van der Waals surface area contributed by atoms with Gasteiger partial charge in [0, 0.05) is 28.8 Å². The summed E-state index contributed by atoms with van der Waals surface area (Å²) in [6.45, 7) is 4.33. The summed E-state index contributed by atoms with van der Waals surface area (Å²) in [6, 6.07) is 38.5. The van der Waals surface area contributed by atoms with Crippen LogP contribution in [0.4, 0.5) is 0 Å². The number of rotatable bonds is 5. The topological polar surface area (TPSA) is 39.8 Å². The molecule has 4 nitrogen and oxygen atoms in total. The molecule has 1 aliphatic rings. The Morgan fingerprint density at radius 3 is 1.88 bits per heavy atom. The number of carbonyl (C=O) groups excluding carboxylic acids is 1. The molecular weight excluding hydrogens is 490 g/mol. The molecule has 4 aromatic carbocycles. The van der Waals surface area contributed by atoms with E-state index in [0.717, 1.165) is 52.0 Å². The van der Waals surface area contributed by atoms with Gasteiger partial charge in [0.1, 0.15) is 5.54 Å². The van der Waals surface area contributed by atoms with Crippen molar-refractivity contribution in [3.8, 4) is 11.3 Å². The van der Waals surface area contributed by atoms with Gasteiger partial charge in [-0.2, -0.15) is 0 Å². The molecule has 1 aliphatic heterocycles. The molecule has 6 aromatic rings. The van der Waals surface area contributed by atoms with Gasteiger partial charge in [0.15, 0.2) is 0 Å². The number of imidazole rings is 1. The maximum Gasteiger partial charge on any atom is 0.231 e. The minimum absolute atomic E-state index is 0.197. The lowest BCUT2D eigenvalue weighted by atomic mass is 9.76. The van der Waals surface area contributed by atoms with Crippen LogP contribution in [0.2, 0.25) is 0 Å². The van der Waals surface area contributed by atoms with Crippen molar-refractivity contribution in [2.45, 2.75) is 38.6 Å². The zero-order chi connectivity index (χ0) is 27.3. The second kappa shape index (κ2) is 9.49. The molecule has 0 saturated carbocycles. The molecule has 0 unspecified atom stereocenters. The number of aromatic nitrogens is 3. The third-order valence-electron chi connectivity index (χ3n) is 8.60. The fourth-order valence-electron chi connectivity index (χ4n) is 6.71. The molecular formula is C36H31N3O. The van der Waals surface area contributed by atoms with Crippen LogP contribution in [0.25, 0.3) is 22.2 Å². The number of carbonyl (C=O) groups is 1. The van der Waals surface area contributed by atoms with Crippen molar-refractivity contribution < 1.29 is 4.79 Å². The normalized spacial score (nSPS) is 13.5. The SMILES string of the molecule is Cc1c(-c2ncn(C(c3ccccc3)(c3ccccc3)c3ccccc3)c2C)ccc2c1cc1n2C(=O)CCC1. The Morgan fingerprint density at radius 1 is 0.725 bits per heavy atom. The Labute approximate surface area is 234 Å². The van der Waals surface area contributed by atoms with Gasteiger partial charge < -0.3 is 4.57 Å². The minimum Gasteiger partial charge on any atom is -0.316 e. The number of fused-ring (bicyclic) bond motifs is 3. The second-order valence-electron chi connectivity index (χ2n) is 10.7. The van der Waals surface area contributed by atoms with Crippen LogP contribution >= 0.6 is 0 Å². The first-order valence-electron chi connectivity index (χ1n) is 14.0. The van der Waals surface area contributed by atoms with Crippen LogP contribution in [0.15, 0.2) is 116 Å². The molecule has 0 atom stereocenters. The molecule has 0 radical (unpaired) electrons. The standard InChI is InChI=1S/C36H31N3O/c1-25-31(21-22-33-32(25)23-30-19-12-20-34(40)39(30)33)35-26(2)38(24-37-35)36(27-13-6-3-7-14-27,28-15-8-4-9-16-28)29-17-10-5-11-18-29/h3-11,13-18,21-24H,12,19-20H2,1-2H3. The maximum atomic E-state index is 12.7. The van der Waals surface area contributed by atoms with Crippen molar-refractivity contribution in [2.24, 2.45) is 0 Å². The molecule has 3 heterocycles. The summed E-state index contributed by atoms with van der Waals surface area (Å²) >= 11 is 0. The molecule has 7 rings (SSSR count). The van der Waals surface area contributed by atoms with Crippen molar-refractivity contribution >= 4 is 16.8 Å². The fourth-order valence-corrected chi connectivity index (χ4v) is 6.71. The Balaban J connectivity index is 1.49. The van der Waals surface area contributed by atoms with Crippen LogP contribution in [0.3, 0.4) is 0 Å². The molecule has 0 bridgehead atoms. The summed E-state index contributed by atoms with van der Waals surface area (Å²) in [6.07, 6.45) is 4.47. The van der Waals surface area contributed by atoms with Crippen molar-refractivity contribution in [1.29, 1.82) is 0 Å². The summed E-state index contributed by atoms with van der Waals surface area (Å²) < 4.78 is 4.26. The van der Waals surface area contributed by atoms with E-state index in [1.54, 1.807) is 0 Å². The van der Waals surface area contributed by atoms with Crippen LogP contribution in [0.1, 0.15) is 51.3 Å². The lowest BCUT2D eigenvalue weighted by molar-refractivity contribution is 0.0890. The van der Waals surface area contributed by atoms with Crippen LogP contribution in [-0.2, 0) is 12.0 Å². The Kier molecular flexibility index (Phi) is 5.78. The summed E-state index contributed by atoms with van der Waals surface area (Å²) in [7, 11) is 0. The first-order chi connectivity index (χ1) is 19.6. The molecule has 0 N–H and O–H groups in total. The number of nitrogens with zero attached hydrogens (tertiary/aromatic N) is 3. The van der Waals surface area contributed by atoms with Gasteiger partial charge in [0.05, 0.1) is 17.5 Å². The molecule has 0 amide bonds. The molecule has 196 valence electrons. The third-order valence-corrected chi connectivity index (χ3v) is 8.60. The smallest absolute Gasteiger partial charge is 0.231 e. The van der Waals surface area contributed by atoms with Crippen molar-refractivity contribution in [2.75, 3.05) is 0 Å². The largest absolute Gasteiger partial charge is 0.316 e. The molecule has 0 spiro atoms. The fraction of sp³-hybridized carbons (Fsp3) is 0.167. The van der Waals surface area contributed by atoms with Crippen LogP contribution < -0.4 is 0 Å². The van der Waals surface area contributed by atoms with Crippen molar-refractivity contribution in [3.63, 3.8) is 0 Å². The third kappa shape index (κ3) is 3.52. The van der Waals surface area contributed by atoms with Crippen LogP contribution in [-0.4, -0.2) is 20.0 Å². The first kappa shape index (κ1) is 24.3.